The zero-order valence-corrected chi connectivity index (χ0v) is 14.4. The number of rotatable bonds is 5. The summed E-state index contributed by atoms with van der Waals surface area (Å²) in [6, 6.07) is 20.4. The lowest BCUT2D eigenvalue weighted by Crippen LogP contribution is -2.30. The van der Waals surface area contributed by atoms with Crippen molar-refractivity contribution < 1.29 is 9.53 Å². The van der Waals surface area contributed by atoms with Crippen LogP contribution in [0.4, 0.5) is 5.69 Å². The molecule has 3 rings (SSSR count). The third-order valence-corrected chi connectivity index (χ3v) is 4.54. The highest BCUT2D eigenvalue weighted by Crippen LogP contribution is 2.31. The minimum atomic E-state index is -0.663. The summed E-state index contributed by atoms with van der Waals surface area (Å²) in [5.41, 5.74) is 2.29. The van der Waals surface area contributed by atoms with E-state index in [1.165, 1.54) is 0 Å². The molecule has 1 unspecified atom stereocenters. The molecule has 25 heavy (non-hydrogen) atoms. The lowest BCUT2D eigenvalue weighted by Gasteiger charge is -2.16. The Hall–Kier alpha value is -3.10. The summed E-state index contributed by atoms with van der Waals surface area (Å²) in [5.74, 6) is 0.321. The van der Waals surface area contributed by atoms with Gasteiger partial charge in [0.05, 0.1) is 11.6 Å². The Bertz CT molecular complexity index is 896. The van der Waals surface area contributed by atoms with E-state index >= 15 is 0 Å². The summed E-state index contributed by atoms with van der Waals surface area (Å²) in [7, 11) is 0. The van der Waals surface area contributed by atoms with Crippen molar-refractivity contribution in [3.05, 3.63) is 71.6 Å². The molecule has 124 valence electrons. The van der Waals surface area contributed by atoms with E-state index in [4.69, 9.17) is 10.00 Å². The van der Waals surface area contributed by atoms with Gasteiger partial charge in [0.2, 0.25) is 0 Å². The number of carbonyl (C=O) groups is 1. The summed E-state index contributed by atoms with van der Waals surface area (Å²) in [4.78, 5) is 13.6. The van der Waals surface area contributed by atoms with Crippen molar-refractivity contribution in [3.8, 4) is 22.3 Å². The number of nitrogens with one attached hydrogen (secondary N) is 1. The maximum absolute atomic E-state index is 12.5. The molecular weight excluding hydrogens is 332 g/mol. The Morgan fingerprint density at radius 1 is 1.12 bits per heavy atom. The van der Waals surface area contributed by atoms with Crippen LogP contribution in [-0.2, 0) is 4.79 Å². The molecule has 1 heterocycles. The number of carbonyl (C=O) groups excluding carboxylic acids is 1. The molecule has 0 bridgehead atoms. The van der Waals surface area contributed by atoms with Crippen molar-refractivity contribution in [3.63, 3.8) is 0 Å². The fraction of sp³-hybridized carbons (Fsp3) is 0.100. The minimum absolute atomic E-state index is 0.228. The first kappa shape index (κ1) is 16.7. The molecule has 4 nitrogen and oxygen atoms in total. The average Bonchev–Trinajstić information content (AvgIpc) is 3.17. The molecule has 1 amide bonds. The molecule has 0 saturated carbocycles. The van der Waals surface area contributed by atoms with Gasteiger partial charge in [0.1, 0.15) is 5.75 Å². The number of para-hydroxylation sites is 1. The van der Waals surface area contributed by atoms with E-state index in [-0.39, 0.29) is 5.91 Å². The number of amides is 1. The molecule has 0 radical (unpaired) electrons. The van der Waals surface area contributed by atoms with Crippen LogP contribution in [0.3, 0.4) is 0 Å². The third kappa shape index (κ3) is 4.06. The van der Waals surface area contributed by atoms with E-state index in [0.29, 0.717) is 11.3 Å². The second kappa shape index (κ2) is 7.65. The second-order valence-electron chi connectivity index (χ2n) is 5.41. The Balaban J connectivity index is 1.71. The zero-order chi connectivity index (χ0) is 17.6. The molecule has 5 heteroatoms. The smallest absolute Gasteiger partial charge is 0.265 e. The number of thiophene rings is 1. The highest BCUT2D eigenvalue weighted by atomic mass is 32.1. The van der Waals surface area contributed by atoms with Crippen LogP contribution in [0.5, 0.6) is 5.75 Å². The molecule has 1 aromatic heterocycles. The fourth-order valence-electron chi connectivity index (χ4n) is 2.34. The van der Waals surface area contributed by atoms with Crippen molar-refractivity contribution in [1.82, 2.24) is 0 Å². The summed E-state index contributed by atoms with van der Waals surface area (Å²) in [6.07, 6.45) is -0.663. The van der Waals surface area contributed by atoms with Gasteiger partial charge in [-0.15, -0.1) is 11.3 Å². The van der Waals surface area contributed by atoms with Gasteiger partial charge in [-0.05, 0) is 48.7 Å². The number of nitriles is 1. The number of benzene rings is 2. The first-order chi connectivity index (χ1) is 12.2. The molecule has 0 aliphatic rings. The number of hydrogen-bond acceptors (Lipinski definition) is 4. The van der Waals surface area contributed by atoms with Crippen molar-refractivity contribution in [2.45, 2.75) is 13.0 Å². The predicted octanol–water partition coefficient (Wildman–Crippen LogP) is 4.69. The summed E-state index contributed by atoms with van der Waals surface area (Å²) in [6.45, 7) is 1.70. The van der Waals surface area contributed by atoms with Crippen LogP contribution in [0.25, 0.3) is 10.4 Å². The molecule has 1 N–H and O–H groups in total. The van der Waals surface area contributed by atoms with Gasteiger partial charge in [0, 0.05) is 16.1 Å². The Morgan fingerprint density at radius 2 is 1.88 bits per heavy atom. The Labute approximate surface area is 150 Å². The summed E-state index contributed by atoms with van der Waals surface area (Å²) in [5, 5.41) is 13.7. The van der Waals surface area contributed by atoms with Gasteiger partial charge < -0.3 is 10.1 Å². The van der Waals surface area contributed by atoms with Crippen LogP contribution in [0, 0.1) is 11.3 Å². The molecule has 0 saturated heterocycles. The topological polar surface area (TPSA) is 62.1 Å². The van der Waals surface area contributed by atoms with E-state index in [0.717, 1.165) is 16.1 Å². The van der Waals surface area contributed by atoms with Crippen LogP contribution in [0.1, 0.15) is 12.5 Å². The van der Waals surface area contributed by atoms with Crippen LogP contribution in [0.15, 0.2) is 66.0 Å². The van der Waals surface area contributed by atoms with Crippen LogP contribution < -0.4 is 10.1 Å². The SMILES string of the molecule is CC(Oc1ccc(C#N)cc1)C(=O)Nc1ccccc1-c1cccs1. The lowest BCUT2D eigenvalue weighted by atomic mass is 10.1. The fourth-order valence-corrected chi connectivity index (χ4v) is 3.10. The average molecular weight is 348 g/mol. The molecule has 2 aromatic carbocycles. The monoisotopic (exact) mass is 348 g/mol. The number of anilines is 1. The van der Waals surface area contributed by atoms with E-state index in [1.54, 1.807) is 42.5 Å². The molecule has 3 aromatic rings. The van der Waals surface area contributed by atoms with Crippen LogP contribution in [-0.4, -0.2) is 12.0 Å². The zero-order valence-electron chi connectivity index (χ0n) is 13.6. The molecule has 0 fully saturated rings. The van der Waals surface area contributed by atoms with Gasteiger partial charge in [0.15, 0.2) is 6.10 Å². The van der Waals surface area contributed by atoms with E-state index < -0.39 is 6.10 Å². The van der Waals surface area contributed by atoms with Crippen molar-refractivity contribution in [1.29, 1.82) is 5.26 Å². The Kier molecular flexibility index (Phi) is 5.12. The predicted molar refractivity (Wildman–Crippen MR) is 99.6 cm³/mol. The molecule has 0 aliphatic heterocycles. The van der Waals surface area contributed by atoms with E-state index in [1.807, 2.05) is 47.8 Å². The molecule has 1 atom stereocenters. The quantitative estimate of drug-likeness (QED) is 0.727. The highest BCUT2D eigenvalue weighted by molar-refractivity contribution is 7.13. The number of ether oxygens (including phenoxy) is 1. The van der Waals surface area contributed by atoms with Gasteiger partial charge in [-0.3, -0.25) is 4.79 Å². The summed E-state index contributed by atoms with van der Waals surface area (Å²) < 4.78 is 5.66. The van der Waals surface area contributed by atoms with Gasteiger partial charge >= 0.3 is 0 Å². The van der Waals surface area contributed by atoms with Crippen LogP contribution >= 0.6 is 11.3 Å². The van der Waals surface area contributed by atoms with Gasteiger partial charge in [0.25, 0.3) is 5.91 Å². The van der Waals surface area contributed by atoms with Crippen molar-refractivity contribution >= 4 is 22.9 Å². The molecule has 0 spiro atoms. The minimum Gasteiger partial charge on any atom is -0.481 e. The number of hydrogen-bond donors (Lipinski definition) is 1. The maximum atomic E-state index is 12.5. The van der Waals surface area contributed by atoms with Gasteiger partial charge in [-0.1, -0.05) is 24.3 Å². The third-order valence-electron chi connectivity index (χ3n) is 3.64. The first-order valence-corrected chi connectivity index (χ1v) is 8.66. The molecular formula is C20H16N2O2S. The van der Waals surface area contributed by atoms with Crippen LogP contribution in [0.2, 0.25) is 0 Å². The van der Waals surface area contributed by atoms with Crippen molar-refractivity contribution in [2.24, 2.45) is 0 Å². The maximum Gasteiger partial charge on any atom is 0.265 e. The standard InChI is InChI=1S/C20H16N2O2S/c1-14(24-16-10-8-15(13-21)9-11-16)20(23)22-18-6-3-2-5-17(18)19-7-4-12-25-19/h2-12,14H,1H3,(H,22,23). The normalized spacial score (nSPS) is 11.4. The van der Waals surface area contributed by atoms with E-state index in [2.05, 4.69) is 5.32 Å². The first-order valence-electron chi connectivity index (χ1n) is 7.78. The van der Waals surface area contributed by atoms with Gasteiger partial charge in [-0.25, -0.2) is 0 Å². The van der Waals surface area contributed by atoms with Gasteiger partial charge in [-0.2, -0.15) is 5.26 Å². The summed E-state index contributed by atoms with van der Waals surface area (Å²) >= 11 is 1.62. The second-order valence-corrected chi connectivity index (χ2v) is 6.36. The van der Waals surface area contributed by atoms with Crippen molar-refractivity contribution in [2.75, 3.05) is 5.32 Å². The lowest BCUT2D eigenvalue weighted by molar-refractivity contribution is -0.122. The highest BCUT2D eigenvalue weighted by Gasteiger charge is 2.17. The molecule has 0 aliphatic carbocycles. The Morgan fingerprint density at radius 3 is 2.56 bits per heavy atom. The largest absolute Gasteiger partial charge is 0.481 e. The number of nitrogens with zero attached hydrogens (tertiary/aromatic N) is 1. The van der Waals surface area contributed by atoms with E-state index in [9.17, 15) is 4.79 Å².